The number of hydrogen-bond donors (Lipinski definition) is 0. The topological polar surface area (TPSA) is 82.0 Å². The summed E-state index contributed by atoms with van der Waals surface area (Å²) in [7, 11) is 4.87. The number of ether oxygens (including phenoxy) is 3. The molecule has 0 aliphatic carbocycles. The number of rotatable bonds is 9. The number of nitrogens with zero attached hydrogens (tertiary/aromatic N) is 5. The van der Waals surface area contributed by atoms with Crippen molar-refractivity contribution in [3.05, 3.63) is 29.6 Å². The Hall–Kier alpha value is -2.81. The highest BCUT2D eigenvalue weighted by Crippen LogP contribution is 2.40. The van der Waals surface area contributed by atoms with Gasteiger partial charge in [-0.15, -0.1) is 5.10 Å². The standard InChI is InChI=1S/C22H33N5O4/c1-6-26(7-2)22(28)18-15-27(24-23-18)17-9-8-12-25(14-17)13-16-10-11-19(29-3)21(31-5)20(16)30-4/h10-11,15,17H,6-9,12-14H2,1-5H3/t17-/m1/s1. The molecule has 3 rings (SSSR count). The van der Waals surface area contributed by atoms with E-state index in [9.17, 15) is 4.79 Å². The maximum atomic E-state index is 12.6. The van der Waals surface area contributed by atoms with E-state index in [-0.39, 0.29) is 11.9 Å². The Morgan fingerprint density at radius 2 is 1.87 bits per heavy atom. The molecular formula is C22H33N5O4. The Morgan fingerprint density at radius 3 is 2.52 bits per heavy atom. The molecule has 1 amide bonds. The van der Waals surface area contributed by atoms with Crippen LogP contribution in [0.3, 0.4) is 0 Å². The van der Waals surface area contributed by atoms with Gasteiger partial charge in [-0.3, -0.25) is 9.69 Å². The number of aromatic nitrogens is 3. The molecule has 1 aromatic heterocycles. The van der Waals surface area contributed by atoms with E-state index < -0.39 is 0 Å². The summed E-state index contributed by atoms with van der Waals surface area (Å²) in [5, 5.41) is 8.41. The van der Waals surface area contributed by atoms with Gasteiger partial charge >= 0.3 is 0 Å². The summed E-state index contributed by atoms with van der Waals surface area (Å²) in [6.45, 7) is 7.77. The van der Waals surface area contributed by atoms with E-state index in [1.54, 1.807) is 32.4 Å². The lowest BCUT2D eigenvalue weighted by molar-refractivity contribution is 0.0767. The minimum Gasteiger partial charge on any atom is -0.493 e. The van der Waals surface area contributed by atoms with E-state index in [0.29, 0.717) is 36.0 Å². The Morgan fingerprint density at radius 1 is 1.13 bits per heavy atom. The monoisotopic (exact) mass is 431 g/mol. The maximum absolute atomic E-state index is 12.6. The van der Waals surface area contributed by atoms with Crippen LogP contribution in [0.1, 0.15) is 48.8 Å². The minimum atomic E-state index is -0.0704. The smallest absolute Gasteiger partial charge is 0.276 e. The predicted molar refractivity (Wildman–Crippen MR) is 117 cm³/mol. The predicted octanol–water partition coefficient (Wildman–Crippen LogP) is 2.62. The number of carbonyl (C=O) groups excluding carboxylic acids is 1. The lowest BCUT2D eigenvalue weighted by Crippen LogP contribution is -2.36. The molecule has 1 atom stereocenters. The van der Waals surface area contributed by atoms with E-state index in [1.165, 1.54) is 0 Å². The minimum absolute atomic E-state index is 0.0704. The van der Waals surface area contributed by atoms with Crippen molar-refractivity contribution in [2.45, 2.75) is 39.3 Å². The highest BCUT2D eigenvalue weighted by Gasteiger charge is 2.26. The van der Waals surface area contributed by atoms with Gasteiger partial charge in [0.25, 0.3) is 5.91 Å². The molecular weight excluding hydrogens is 398 g/mol. The second-order valence-electron chi connectivity index (χ2n) is 7.59. The fourth-order valence-corrected chi connectivity index (χ4v) is 4.15. The van der Waals surface area contributed by atoms with Crippen LogP contribution in [-0.2, 0) is 6.54 Å². The van der Waals surface area contributed by atoms with Gasteiger partial charge < -0.3 is 19.1 Å². The van der Waals surface area contributed by atoms with Crippen molar-refractivity contribution in [3.63, 3.8) is 0 Å². The van der Waals surface area contributed by atoms with Crippen LogP contribution in [0.15, 0.2) is 18.3 Å². The van der Waals surface area contributed by atoms with Gasteiger partial charge in [-0.25, -0.2) is 4.68 Å². The quantitative estimate of drug-likeness (QED) is 0.604. The Bertz CT molecular complexity index is 881. The van der Waals surface area contributed by atoms with Gasteiger partial charge in [-0.2, -0.15) is 0 Å². The lowest BCUT2D eigenvalue weighted by atomic mass is 10.0. The molecule has 9 heteroatoms. The summed E-state index contributed by atoms with van der Waals surface area (Å²) in [6, 6.07) is 4.09. The molecule has 0 spiro atoms. The third-order valence-corrected chi connectivity index (χ3v) is 5.81. The largest absolute Gasteiger partial charge is 0.493 e. The number of hydrogen-bond acceptors (Lipinski definition) is 7. The van der Waals surface area contributed by atoms with E-state index >= 15 is 0 Å². The van der Waals surface area contributed by atoms with Crippen LogP contribution in [0.4, 0.5) is 0 Å². The van der Waals surface area contributed by atoms with Gasteiger partial charge in [-0.05, 0) is 39.3 Å². The maximum Gasteiger partial charge on any atom is 0.276 e. The van der Waals surface area contributed by atoms with Gasteiger partial charge in [0.1, 0.15) is 0 Å². The summed E-state index contributed by atoms with van der Waals surface area (Å²) < 4.78 is 18.4. The van der Waals surface area contributed by atoms with Crippen LogP contribution in [0.25, 0.3) is 0 Å². The molecule has 1 saturated heterocycles. The normalized spacial score (nSPS) is 16.7. The van der Waals surface area contributed by atoms with Crippen LogP contribution in [-0.4, -0.2) is 78.2 Å². The zero-order chi connectivity index (χ0) is 22.4. The van der Waals surface area contributed by atoms with Crippen molar-refractivity contribution in [1.82, 2.24) is 24.8 Å². The van der Waals surface area contributed by atoms with Gasteiger partial charge in [0.05, 0.1) is 33.6 Å². The molecule has 1 aliphatic heterocycles. The molecule has 2 aromatic rings. The first kappa shape index (κ1) is 22.9. The van der Waals surface area contributed by atoms with Gasteiger partial charge in [0.15, 0.2) is 17.2 Å². The molecule has 1 aromatic carbocycles. The number of carbonyl (C=O) groups is 1. The fraction of sp³-hybridized carbons (Fsp3) is 0.591. The summed E-state index contributed by atoms with van der Waals surface area (Å²) in [5.41, 5.74) is 1.44. The number of amides is 1. The SMILES string of the molecule is CCN(CC)C(=O)c1cn([C@@H]2CCCN(Cc3ccc(OC)c(OC)c3OC)C2)nn1. The molecule has 1 fully saturated rings. The summed E-state index contributed by atoms with van der Waals surface area (Å²) in [4.78, 5) is 16.7. The Kier molecular flexibility index (Phi) is 7.73. The van der Waals surface area contributed by atoms with Crippen molar-refractivity contribution in [2.75, 3.05) is 47.5 Å². The molecule has 0 bridgehead atoms. The van der Waals surface area contributed by atoms with E-state index in [2.05, 4.69) is 15.2 Å². The average molecular weight is 432 g/mol. The molecule has 0 radical (unpaired) electrons. The zero-order valence-electron chi connectivity index (χ0n) is 19.1. The molecule has 2 heterocycles. The molecule has 1 aliphatic rings. The highest BCUT2D eigenvalue weighted by molar-refractivity contribution is 5.91. The first-order chi connectivity index (χ1) is 15.1. The van der Waals surface area contributed by atoms with Gasteiger partial charge in [0.2, 0.25) is 5.75 Å². The first-order valence-corrected chi connectivity index (χ1v) is 10.8. The molecule has 170 valence electrons. The first-order valence-electron chi connectivity index (χ1n) is 10.8. The van der Waals surface area contributed by atoms with Crippen LogP contribution < -0.4 is 14.2 Å². The van der Waals surface area contributed by atoms with Crippen LogP contribution in [0.2, 0.25) is 0 Å². The second-order valence-corrected chi connectivity index (χ2v) is 7.59. The molecule has 0 unspecified atom stereocenters. The molecule has 31 heavy (non-hydrogen) atoms. The van der Waals surface area contributed by atoms with Crippen molar-refractivity contribution < 1.29 is 19.0 Å². The summed E-state index contributed by atoms with van der Waals surface area (Å²) in [5.74, 6) is 1.87. The lowest BCUT2D eigenvalue weighted by Gasteiger charge is -2.33. The van der Waals surface area contributed by atoms with Crippen LogP contribution in [0.5, 0.6) is 17.2 Å². The second kappa shape index (κ2) is 10.5. The van der Waals surface area contributed by atoms with Gasteiger partial charge in [0, 0.05) is 31.7 Å². The van der Waals surface area contributed by atoms with Crippen molar-refractivity contribution >= 4 is 5.91 Å². The Balaban J connectivity index is 1.73. The van der Waals surface area contributed by atoms with E-state index in [4.69, 9.17) is 14.2 Å². The number of piperidine rings is 1. The molecule has 0 saturated carbocycles. The third kappa shape index (κ3) is 4.92. The Labute approximate surface area is 183 Å². The fourth-order valence-electron chi connectivity index (χ4n) is 4.15. The zero-order valence-corrected chi connectivity index (χ0v) is 19.1. The van der Waals surface area contributed by atoms with Crippen molar-refractivity contribution in [1.29, 1.82) is 0 Å². The molecule has 0 N–H and O–H groups in total. The number of benzene rings is 1. The number of methoxy groups -OCH3 is 3. The van der Waals surface area contributed by atoms with E-state index in [1.807, 2.05) is 30.7 Å². The summed E-state index contributed by atoms with van der Waals surface area (Å²) >= 11 is 0. The third-order valence-electron chi connectivity index (χ3n) is 5.81. The van der Waals surface area contributed by atoms with Crippen molar-refractivity contribution in [2.24, 2.45) is 0 Å². The number of likely N-dealkylation sites (tertiary alicyclic amines) is 1. The highest BCUT2D eigenvalue weighted by atomic mass is 16.5. The van der Waals surface area contributed by atoms with Gasteiger partial charge in [-0.1, -0.05) is 11.3 Å². The summed E-state index contributed by atoms with van der Waals surface area (Å²) in [6.07, 6.45) is 3.83. The average Bonchev–Trinajstić information content (AvgIpc) is 3.30. The van der Waals surface area contributed by atoms with Crippen LogP contribution >= 0.6 is 0 Å². The molecule has 9 nitrogen and oxygen atoms in total. The van der Waals surface area contributed by atoms with Crippen LogP contribution in [0, 0.1) is 0 Å². The van der Waals surface area contributed by atoms with Crippen molar-refractivity contribution in [3.8, 4) is 17.2 Å². The van der Waals surface area contributed by atoms with E-state index in [0.717, 1.165) is 38.0 Å².